The van der Waals surface area contributed by atoms with Crippen LogP contribution in [-0.2, 0) is 4.79 Å². The van der Waals surface area contributed by atoms with Crippen molar-refractivity contribution in [2.24, 2.45) is 0 Å². The largest absolute Gasteiger partial charge is 0.493 e. The van der Waals surface area contributed by atoms with E-state index in [2.05, 4.69) is 0 Å². The topological polar surface area (TPSA) is 55.8 Å². The van der Waals surface area contributed by atoms with Gasteiger partial charge in [0.1, 0.15) is 6.61 Å². The van der Waals surface area contributed by atoms with Crippen LogP contribution in [-0.4, -0.2) is 24.8 Å². The standard InChI is InChI=1S/C14H14Cl2O4/c1-9(7-15)8-20-14-11(16)5-10(3-4-13(17)18)6-12(14)19-2/h3-7H,8H2,1-2H3,(H,17,18)/b4-3+,9-7+. The van der Waals surface area contributed by atoms with E-state index in [1.54, 1.807) is 12.1 Å². The molecule has 1 rings (SSSR count). The molecule has 0 saturated heterocycles. The summed E-state index contributed by atoms with van der Waals surface area (Å²) in [4.78, 5) is 10.5. The Labute approximate surface area is 127 Å². The lowest BCUT2D eigenvalue weighted by atomic mass is 10.2. The summed E-state index contributed by atoms with van der Waals surface area (Å²) < 4.78 is 10.7. The second-order valence-electron chi connectivity index (χ2n) is 3.95. The van der Waals surface area contributed by atoms with E-state index in [1.165, 1.54) is 18.7 Å². The number of carboxylic acid groups (broad SMARTS) is 1. The van der Waals surface area contributed by atoms with Gasteiger partial charge in [0.2, 0.25) is 0 Å². The zero-order chi connectivity index (χ0) is 15.1. The van der Waals surface area contributed by atoms with Crippen LogP contribution in [0.3, 0.4) is 0 Å². The van der Waals surface area contributed by atoms with Gasteiger partial charge in [-0.3, -0.25) is 0 Å². The maximum absolute atomic E-state index is 10.5. The molecule has 4 nitrogen and oxygen atoms in total. The van der Waals surface area contributed by atoms with Crippen molar-refractivity contribution < 1.29 is 19.4 Å². The van der Waals surface area contributed by atoms with Gasteiger partial charge in [-0.05, 0) is 36.3 Å². The molecule has 0 aliphatic heterocycles. The minimum Gasteiger partial charge on any atom is -0.493 e. The highest BCUT2D eigenvalue weighted by atomic mass is 35.5. The Bertz CT molecular complexity index is 550. The van der Waals surface area contributed by atoms with Gasteiger partial charge >= 0.3 is 5.97 Å². The highest BCUT2D eigenvalue weighted by Gasteiger charge is 2.11. The van der Waals surface area contributed by atoms with E-state index >= 15 is 0 Å². The predicted molar refractivity (Wildman–Crippen MR) is 79.8 cm³/mol. The predicted octanol–water partition coefficient (Wildman–Crippen LogP) is 3.97. The molecule has 0 aliphatic rings. The van der Waals surface area contributed by atoms with E-state index < -0.39 is 5.97 Å². The quantitative estimate of drug-likeness (QED) is 0.807. The van der Waals surface area contributed by atoms with Crippen LogP contribution in [0.1, 0.15) is 12.5 Å². The fourth-order valence-corrected chi connectivity index (χ4v) is 1.70. The fourth-order valence-electron chi connectivity index (χ4n) is 1.36. The molecule has 0 atom stereocenters. The number of aliphatic carboxylic acids is 1. The summed E-state index contributed by atoms with van der Waals surface area (Å²) in [7, 11) is 1.48. The number of methoxy groups -OCH3 is 1. The molecule has 0 aliphatic carbocycles. The minimum atomic E-state index is -1.04. The van der Waals surface area contributed by atoms with Crippen molar-refractivity contribution in [1.82, 2.24) is 0 Å². The second kappa shape index (κ2) is 7.82. The molecule has 0 spiro atoms. The molecule has 1 N–H and O–H groups in total. The van der Waals surface area contributed by atoms with Crippen molar-refractivity contribution >= 4 is 35.2 Å². The van der Waals surface area contributed by atoms with Gasteiger partial charge in [-0.1, -0.05) is 23.2 Å². The molecule has 0 fully saturated rings. The first-order valence-corrected chi connectivity index (χ1v) is 6.46. The Morgan fingerprint density at radius 2 is 2.15 bits per heavy atom. The van der Waals surface area contributed by atoms with Crippen LogP contribution in [0.25, 0.3) is 6.08 Å². The van der Waals surface area contributed by atoms with Crippen LogP contribution in [0.15, 0.2) is 29.3 Å². The van der Waals surface area contributed by atoms with Gasteiger partial charge < -0.3 is 14.6 Å². The highest BCUT2D eigenvalue weighted by molar-refractivity contribution is 6.32. The first-order chi connectivity index (χ1) is 9.47. The van der Waals surface area contributed by atoms with Gasteiger partial charge in [0.25, 0.3) is 0 Å². The van der Waals surface area contributed by atoms with Gasteiger partial charge in [0, 0.05) is 11.6 Å². The number of carbonyl (C=O) groups is 1. The molecule has 108 valence electrons. The number of rotatable bonds is 6. The number of halogens is 2. The zero-order valence-electron chi connectivity index (χ0n) is 11.0. The number of hydrogen-bond acceptors (Lipinski definition) is 3. The molecular formula is C14H14Cl2O4. The molecule has 0 saturated carbocycles. The molecule has 0 bridgehead atoms. The van der Waals surface area contributed by atoms with Crippen LogP contribution in [0, 0.1) is 0 Å². The molecule has 20 heavy (non-hydrogen) atoms. The lowest BCUT2D eigenvalue weighted by molar-refractivity contribution is -0.131. The summed E-state index contributed by atoms with van der Waals surface area (Å²) in [5.41, 5.74) is 2.86. The van der Waals surface area contributed by atoms with Gasteiger partial charge in [0.15, 0.2) is 11.5 Å². The molecule has 0 aromatic heterocycles. The minimum absolute atomic E-state index is 0.282. The summed E-state index contributed by atoms with van der Waals surface area (Å²) in [6, 6.07) is 3.24. The van der Waals surface area contributed by atoms with Crippen LogP contribution in [0.5, 0.6) is 11.5 Å². The Morgan fingerprint density at radius 1 is 1.45 bits per heavy atom. The molecule has 1 aromatic carbocycles. The summed E-state index contributed by atoms with van der Waals surface area (Å²) >= 11 is 11.7. The molecule has 6 heteroatoms. The summed E-state index contributed by atoms with van der Waals surface area (Å²) in [6.07, 6.45) is 2.44. The Morgan fingerprint density at radius 3 is 2.70 bits per heavy atom. The van der Waals surface area contributed by atoms with E-state index in [1.807, 2.05) is 6.92 Å². The van der Waals surface area contributed by atoms with Gasteiger partial charge in [-0.15, -0.1) is 0 Å². The van der Waals surface area contributed by atoms with Crippen molar-refractivity contribution in [1.29, 1.82) is 0 Å². The molecule has 0 amide bonds. The Balaban J connectivity index is 3.04. The van der Waals surface area contributed by atoms with Gasteiger partial charge in [0.05, 0.1) is 12.1 Å². The molecule has 0 unspecified atom stereocenters. The summed E-state index contributed by atoms with van der Waals surface area (Å²) in [5.74, 6) is -0.229. The maximum atomic E-state index is 10.5. The summed E-state index contributed by atoms with van der Waals surface area (Å²) in [5, 5.41) is 8.93. The normalized spacial score (nSPS) is 11.7. The number of hydrogen-bond donors (Lipinski definition) is 1. The molecular weight excluding hydrogens is 303 g/mol. The fraction of sp³-hybridized carbons (Fsp3) is 0.214. The van der Waals surface area contributed by atoms with E-state index in [9.17, 15) is 4.79 Å². The Kier molecular flexibility index (Phi) is 6.42. The van der Waals surface area contributed by atoms with Crippen molar-refractivity contribution in [2.45, 2.75) is 6.92 Å². The van der Waals surface area contributed by atoms with Crippen LogP contribution >= 0.6 is 23.2 Å². The van der Waals surface area contributed by atoms with Crippen molar-refractivity contribution in [3.05, 3.63) is 39.9 Å². The monoisotopic (exact) mass is 316 g/mol. The van der Waals surface area contributed by atoms with E-state index in [0.29, 0.717) is 22.1 Å². The van der Waals surface area contributed by atoms with E-state index in [0.717, 1.165) is 11.6 Å². The number of carboxylic acids is 1. The molecule has 0 radical (unpaired) electrons. The van der Waals surface area contributed by atoms with Crippen molar-refractivity contribution in [3.63, 3.8) is 0 Å². The van der Waals surface area contributed by atoms with Crippen molar-refractivity contribution in [2.75, 3.05) is 13.7 Å². The first kappa shape index (κ1) is 16.4. The van der Waals surface area contributed by atoms with E-state index in [4.69, 9.17) is 37.8 Å². The van der Waals surface area contributed by atoms with Crippen LogP contribution in [0.2, 0.25) is 5.02 Å². The lowest BCUT2D eigenvalue weighted by Gasteiger charge is -2.13. The van der Waals surface area contributed by atoms with Gasteiger partial charge in [-0.2, -0.15) is 0 Å². The van der Waals surface area contributed by atoms with Gasteiger partial charge in [-0.25, -0.2) is 4.79 Å². The molecule has 0 heterocycles. The third kappa shape index (κ3) is 4.79. The van der Waals surface area contributed by atoms with Crippen molar-refractivity contribution in [3.8, 4) is 11.5 Å². The van der Waals surface area contributed by atoms with E-state index in [-0.39, 0.29) is 6.61 Å². The maximum Gasteiger partial charge on any atom is 0.328 e. The average molecular weight is 317 g/mol. The third-order valence-electron chi connectivity index (χ3n) is 2.30. The number of benzene rings is 1. The van der Waals surface area contributed by atoms with Crippen LogP contribution < -0.4 is 9.47 Å². The first-order valence-electron chi connectivity index (χ1n) is 5.65. The summed E-state index contributed by atoms with van der Waals surface area (Å²) in [6.45, 7) is 2.10. The average Bonchev–Trinajstić information content (AvgIpc) is 2.42. The SMILES string of the molecule is COc1cc(/C=C/C(=O)O)cc(Cl)c1OC/C(C)=C/Cl. The number of ether oxygens (including phenoxy) is 2. The highest BCUT2D eigenvalue weighted by Crippen LogP contribution is 2.37. The zero-order valence-corrected chi connectivity index (χ0v) is 12.5. The Hall–Kier alpha value is -1.65. The smallest absolute Gasteiger partial charge is 0.328 e. The lowest BCUT2D eigenvalue weighted by Crippen LogP contribution is -2.01. The third-order valence-corrected chi connectivity index (χ3v) is 2.95. The molecule has 1 aromatic rings. The van der Waals surface area contributed by atoms with Crippen LogP contribution in [0.4, 0.5) is 0 Å². The second-order valence-corrected chi connectivity index (χ2v) is 4.58.